The van der Waals surface area contributed by atoms with Gasteiger partial charge in [0.15, 0.2) is 4.96 Å². The van der Waals surface area contributed by atoms with E-state index in [-0.39, 0.29) is 0 Å². The van der Waals surface area contributed by atoms with Crippen molar-refractivity contribution in [3.8, 4) is 0 Å². The number of nitrogens with one attached hydrogen (secondary N) is 1. The van der Waals surface area contributed by atoms with Crippen molar-refractivity contribution in [1.29, 1.82) is 0 Å². The quantitative estimate of drug-likeness (QED) is 0.910. The van der Waals surface area contributed by atoms with Gasteiger partial charge in [-0.15, -0.1) is 11.3 Å². The molecule has 3 nitrogen and oxygen atoms in total. The first-order valence-electron chi connectivity index (χ1n) is 7.98. The fourth-order valence-electron chi connectivity index (χ4n) is 3.61. The molecule has 1 N–H and O–H groups in total. The van der Waals surface area contributed by atoms with E-state index in [2.05, 4.69) is 27.5 Å². The maximum absolute atomic E-state index is 4.81. The SMILES string of the molecule is c1cn2cc(CC3(CNC4CC4)CCCCC3)nc2s1. The van der Waals surface area contributed by atoms with Crippen LogP contribution in [-0.4, -0.2) is 22.0 Å². The lowest BCUT2D eigenvalue weighted by atomic mass is 9.71. The lowest BCUT2D eigenvalue weighted by molar-refractivity contribution is 0.178. The highest BCUT2D eigenvalue weighted by atomic mass is 32.1. The summed E-state index contributed by atoms with van der Waals surface area (Å²) in [5.41, 5.74) is 1.75. The summed E-state index contributed by atoms with van der Waals surface area (Å²) in [6.45, 7) is 1.20. The molecule has 2 heterocycles. The first-order chi connectivity index (χ1) is 9.83. The molecule has 108 valence electrons. The van der Waals surface area contributed by atoms with Crippen LogP contribution in [0.5, 0.6) is 0 Å². The molecule has 2 aliphatic carbocycles. The minimum Gasteiger partial charge on any atom is -0.313 e. The van der Waals surface area contributed by atoms with E-state index < -0.39 is 0 Å². The van der Waals surface area contributed by atoms with Crippen LogP contribution in [0.1, 0.15) is 50.6 Å². The molecule has 0 radical (unpaired) electrons. The topological polar surface area (TPSA) is 29.3 Å². The number of fused-ring (bicyclic) bond motifs is 1. The largest absolute Gasteiger partial charge is 0.313 e. The molecule has 4 rings (SSSR count). The van der Waals surface area contributed by atoms with Gasteiger partial charge < -0.3 is 5.32 Å². The van der Waals surface area contributed by atoms with Gasteiger partial charge in [0.2, 0.25) is 0 Å². The molecular formula is C16H23N3S. The van der Waals surface area contributed by atoms with Crippen molar-refractivity contribution in [3.05, 3.63) is 23.5 Å². The van der Waals surface area contributed by atoms with Crippen molar-refractivity contribution < 1.29 is 0 Å². The van der Waals surface area contributed by atoms with Crippen molar-refractivity contribution in [2.75, 3.05) is 6.54 Å². The van der Waals surface area contributed by atoms with Crippen LogP contribution < -0.4 is 5.32 Å². The number of thiazole rings is 1. The van der Waals surface area contributed by atoms with Crippen LogP contribution in [0.2, 0.25) is 0 Å². The Morgan fingerprint density at radius 1 is 1.30 bits per heavy atom. The van der Waals surface area contributed by atoms with Crippen LogP contribution in [-0.2, 0) is 6.42 Å². The van der Waals surface area contributed by atoms with E-state index in [1.807, 2.05) is 0 Å². The second-order valence-corrected chi connectivity index (χ2v) is 7.59. The van der Waals surface area contributed by atoms with Gasteiger partial charge in [-0.05, 0) is 37.5 Å². The molecule has 0 unspecified atom stereocenters. The summed E-state index contributed by atoms with van der Waals surface area (Å²) < 4.78 is 2.17. The first-order valence-corrected chi connectivity index (χ1v) is 8.86. The van der Waals surface area contributed by atoms with E-state index in [4.69, 9.17) is 4.98 Å². The Hall–Kier alpha value is -0.870. The van der Waals surface area contributed by atoms with Crippen LogP contribution in [0.4, 0.5) is 0 Å². The van der Waals surface area contributed by atoms with Crippen LogP contribution in [0, 0.1) is 5.41 Å². The maximum atomic E-state index is 4.81. The summed E-state index contributed by atoms with van der Waals surface area (Å²) in [4.78, 5) is 5.95. The number of hydrogen-bond acceptors (Lipinski definition) is 3. The van der Waals surface area contributed by atoms with E-state index in [1.54, 1.807) is 11.3 Å². The van der Waals surface area contributed by atoms with E-state index >= 15 is 0 Å². The minimum absolute atomic E-state index is 0.463. The highest BCUT2D eigenvalue weighted by Crippen LogP contribution is 2.39. The highest BCUT2D eigenvalue weighted by Gasteiger charge is 2.34. The van der Waals surface area contributed by atoms with E-state index in [0.29, 0.717) is 5.41 Å². The normalized spacial score (nSPS) is 22.4. The molecule has 0 aliphatic heterocycles. The Labute approximate surface area is 124 Å². The summed E-state index contributed by atoms with van der Waals surface area (Å²) in [6, 6.07) is 0.819. The highest BCUT2D eigenvalue weighted by molar-refractivity contribution is 7.15. The van der Waals surface area contributed by atoms with Crippen molar-refractivity contribution in [2.45, 2.75) is 57.4 Å². The Bertz CT molecular complexity index is 547. The standard InChI is InChI=1S/C16H23N3S/c1-2-6-16(7-3-1,12-17-13-4-5-13)10-14-11-19-8-9-20-15(19)18-14/h8-9,11,13,17H,1-7,10,12H2. The summed E-state index contributed by atoms with van der Waals surface area (Å²) in [5.74, 6) is 0. The summed E-state index contributed by atoms with van der Waals surface area (Å²) >= 11 is 1.73. The Morgan fingerprint density at radius 3 is 2.90 bits per heavy atom. The average molecular weight is 289 g/mol. The molecule has 0 aromatic carbocycles. The van der Waals surface area contributed by atoms with Gasteiger partial charge in [0.1, 0.15) is 0 Å². The lowest BCUT2D eigenvalue weighted by Crippen LogP contribution is -2.39. The fourth-order valence-corrected chi connectivity index (χ4v) is 4.33. The van der Waals surface area contributed by atoms with Crippen molar-refractivity contribution in [1.82, 2.24) is 14.7 Å². The Balaban J connectivity index is 1.51. The smallest absolute Gasteiger partial charge is 0.193 e. The minimum atomic E-state index is 0.463. The van der Waals surface area contributed by atoms with Gasteiger partial charge in [0.05, 0.1) is 5.69 Å². The molecule has 0 spiro atoms. The average Bonchev–Trinajstić information content (AvgIpc) is 3.07. The van der Waals surface area contributed by atoms with Gasteiger partial charge in [-0.25, -0.2) is 4.98 Å². The van der Waals surface area contributed by atoms with Gasteiger partial charge in [0, 0.05) is 30.4 Å². The van der Waals surface area contributed by atoms with Crippen molar-refractivity contribution in [2.24, 2.45) is 5.41 Å². The third kappa shape index (κ3) is 2.63. The first kappa shape index (κ1) is 12.8. The summed E-state index contributed by atoms with van der Waals surface area (Å²) in [5, 5.41) is 5.89. The number of rotatable bonds is 5. The van der Waals surface area contributed by atoms with E-state index in [0.717, 1.165) is 17.4 Å². The zero-order valence-electron chi connectivity index (χ0n) is 12.0. The van der Waals surface area contributed by atoms with Gasteiger partial charge in [0.25, 0.3) is 0 Å². The number of hydrogen-bond donors (Lipinski definition) is 1. The summed E-state index contributed by atoms with van der Waals surface area (Å²) in [7, 11) is 0. The van der Waals surface area contributed by atoms with E-state index in [1.165, 1.54) is 57.2 Å². The van der Waals surface area contributed by atoms with Gasteiger partial charge in [-0.1, -0.05) is 19.3 Å². The molecule has 0 bridgehead atoms. The molecule has 2 aliphatic rings. The lowest BCUT2D eigenvalue weighted by Gasteiger charge is -2.37. The second-order valence-electron chi connectivity index (χ2n) is 6.72. The monoisotopic (exact) mass is 289 g/mol. The number of aromatic nitrogens is 2. The van der Waals surface area contributed by atoms with Crippen LogP contribution in [0.25, 0.3) is 4.96 Å². The van der Waals surface area contributed by atoms with Crippen LogP contribution in [0.3, 0.4) is 0 Å². The van der Waals surface area contributed by atoms with Gasteiger partial charge in [-0.2, -0.15) is 0 Å². The molecule has 2 fully saturated rings. The second kappa shape index (κ2) is 5.15. The zero-order chi connectivity index (χ0) is 13.4. The fraction of sp³-hybridized carbons (Fsp3) is 0.688. The van der Waals surface area contributed by atoms with Crippen LogP contribution in [0.15, 0.2) is 17.8 Å². The third-order valence-corrected chi connectivity index (χ3v) is 5.73. The van der Waals surface area contributed by atoms with E-state index in [9.17, 15) is 0 Å². The molecule has 2 aromatic heterocycles. The molecular weight excluding hydrogens is 266 g/mol. The third-order valence-electron chi connectivity index (χ3n) is 4.96. The molecule has 2 saturated carbocycles. The Morgan fingerprint density at radius 2 is 2.15 bits per heavy atom. The Kier molecular flexibility index (Phi) is 3.31. The zero-order valence-corrected chi connectivity index (χ0v) is 12.8. The predicted molar refractivity (Wildman–Crippen MR) is 83.3 cm³/mol. The van der Waals surface area contributed by atoms with Crippen molar-refractivity contribution in [3.63, 3.8) is 0 Å². The maximum Gasteiger partial charge on any atom is 0.193 e. The van der Waals surface area contributed by atoms with Gasteiger partial charge >= 0.3 is 0 Å². The van der Waals surface area contributed by atoms with Crippen molar-refractivity contribution >= 4 is 16.3 Å². The molecule has 0 amide bonds. The van der Waals surface area contributed by atoms with Crippen LogP contribution >= 0.6 is 11.3 Å². The molecule has 20 heavy (non-hydrogen) atoms. The number of nitrogens with zero attached hydrogens (tertiary/aromatic N) is 2. The number of imidazole rings is 1. The van der Waals surface area contributed by atoms with Gasteiger partial charge in [-0.3, -0.25) is 4.40 Å². The molecule has 4 heteroatoms. The molecule has 0 saturated heterocycles. The molecule has 2 aromatic rings. The summed E-state index contributed by atoms with van der Waals surface area (Å²) in [6.07, 6.45) is 15.2. The predicted octanol–water partition coefficient (Wildman–Crippen LogP) is 3.64. The molecule has 0 atom stereocenters.